The number of hydrogen-bond donors (Lipinski definition) is 4. The molecule has 1 saturated heterocycles. The van der Waals surface area contributed by atoms with E-state index in [1.165, 1.54) is 12.7 Å². The maximum absolute atomic E-state index is 11.5. The Hall–Kier alpha value is -0.540. The Morgan fingerprint density at radius 1 is 1.06 bits per heavy atom. The summed E-state index contributed by atoms with van der Waals surface area (Å²) in [7, 11) is 1.49. The molecule has 0 bridgehead atoms. The van der Waals surface area contributed by atoms with Crippen molar-refractivity contribution in [3.05, 3.63) is 11.6 Å². The summed E-state index contributed by atoms with van der Waals surface area (Å²) in [4.78, 5) is 0. The van der Waals surface area contributed by atoms with E-state index in [2.05, 4.69) is 19.9 Å². The van der Waals surface area contributed by atoms with Crippen molar-refractivity contribution in [2.45, 2.75) is 128 Å². The minimum Gasteiger partial charge on any atom is -0.390 e. The van der Waals surface area contributed by atoms with Crippen LogP contribution >= 0.6 is 0 Å². The van der Waals surface area contributed by atoms with Crippen LogP contribution in [-0.2, 0) is 14.2 Å². The molecule has 0 amide bonds. The van der Waals surface area contributed by atoms with Gasteiger partial charge in [0.2, 0.25) is 0 Å². The Morgan fingerprint density at radius 3 is 2.46 bits per heavy atom. The van der Waals surface area contributed by atoms with Crippen molar-refractivity contribution in [1.29, 1.82) is 0 Å². The maximum atomic E-state index is 11.5. The molecule has 13 unspecified atom stereocenters. The van der Waals surface area contributed by atoms with Crippen LogP contribution in [0.1, 0.15) is 79.1 Å². The van der Waals surface area contributed by atoms with Gasteiger partial charge in [-0.2, -0.15) is 0 Å². The molecule has 3 saturated carbocycles. The molecule has 5 aliphatic rings. The summed E-state index contributed by atoms with van der Waals surface area (Å²) in [5, 5.41) is 42.9. The van der Waals surface area contributed by atoms with Crippen LogP contribution in [0.2, 0.25) is 0 Å². The molecular weight excluding hydrogens is 448 g/mol. The van der Waals surface area contributed by atoms with Crippen LogP contribution < -0.4 is 0 Å². The van der Waals surface area contributed by atoms with Gasteiger partial charge in [-0.05, 0) is 88.4 Å². The fourth-order valence-electron chi connectivity index (χ4n) is 9.06. The number of aliphatic hydroxyl groups is 4. The molecule has 0 aromatic heterocycles. The predicted octanol–water partition coefficient (Wildman–Crippen LogP) is 2.93. The molecule has 35 heavy (non-hydrogen) atoms. The highest BCUT2D eigenvalue weighted by Gasteiger charge is 2.65. The molecule has 200 valence electrons. The first kappa shape index (κ1) is 26.1. The van der Waals surface area contributed by atoms with Crippen LogP contribution in [0.15, 0.2) is 11.6 Å². The Kier molecular flexibility index (Phi) is 6.73. The van der Waals surface area contributed by atoms with Crippen LogP contribution in [0.25, 0.3) is 0 Å². The molecule has 0 aromatic rings. The number of rotatable bonds is 4. The van der Waals surface area contributed by atoms with Gasteiger partial charge in [0, 0.05) is 12.5 Å². The lowest BCUT2D eigenvalue weighted by Crippen LogP contribution is -2.59. The number of hydrogen-bond acceptors (Lipinski definition) is 7. The Balaban J connectivity index is 1.30. The van der Waals surface area contributed by atoms with Crippen molar-refractivity contribution in [3.63, 3.8) is 0 Å². The molecule has 13 atom stereocenters. The first-order chi connectivity index (χ1) is 16.5. The second-order valence-corrected chi connectivity index (χ2v) is 12.7. The molecule has 5 rings (SSSR count). The summed E-state index contributed by atoms with van der Waals surface area (Å²) in [6, 6.07) is 0. The standard InChI is InChI=1S/C28H46O7/c1-15-22(30)24(33-5)23(31)25(34-15)35-18-8-11-26(3)17(14-18)6-7-19-20(26)9-12-27(4)21(19)10-13-28(27,32)16(2)29/h6,15-16,18-25,29-32H,7-14H2,1-5H3. The van der Waals surface area contributed by atoms with Crippen molar-refractivity contribution in [3.8, 4) is 0 Å². The van der Waals surface area contributed by atoms with E-state index >= 15 is 0 Å². The second kappa shape index (κ2) is 9.04. The lowest BCUT2D eigenvalue weighted by molar-refractivity contribution is -0.309. The van der Waals surface area contributed by atoms with Crippen LogP contribution in [0.3, 0.4) is 0 Å². The number of ether oxygens (including phenoxy) is 3. The van der Waals surface area contributed by atoms with Crippen LogP contribution in [0.5, 0.6) is 0 Å². The molecule has 1 heterocycles. The summed E-state index contributed by atoms with van der Waals surface area (Å²) in [6.45, 7) is 8.18. The summed E-state index contributed by atoms with van der Waals surface area (Å²) in [5.74, 6) is 1.57. The van der Waals surface area contributed by atoms with Gasteiger partial charge in [0.25, 0.3) is 0 Å². The van der Waals surface area contributed by atoms with Gasteiger partial charge in [-0.15, -0.1) is 0 Å². The molecule has 4 aliphatic carbocycles. The minimum atomic E-state index is -1.03. The third-order valence-corrected chi connectivity index (χ3v) is 11.3. The average molecular weight is 495 g/mol. The van der Waals surface area contributed by atoms with Crippen molar-refractivity contribution in [2.75, 3.05) is 7.11 Å². The Labute approximate surface area is 209 Å². The van der Waals surface area contributed by atoms with Gasteiger partial charge in [-0.3, -0.25) is 0 Å². The third kappa shape index (κ3) is 3.79. The van der Waals surface area contributed by atoms with Crippen LogP contribution in [0.4, 0.5) is 0 Å². The van der Waals surface area contributed by atoms with Gasteiger partial charge in [-0.25, -0.2) is 0 Å². The van der Waals surface area contributed by atoms with E-state index in [1.54, 1.807) is 13.8 Å². The quantitative estimate of drug-likeness (QED) is 0.445. The zero-order chi connectivity index (χ0) is 25.3. The molecule has 7 nitrogen and oxygen atoms in total. The van der Waals surface area contributed by atoms with E-state index in [-0.39, 0.29) is 16.9 Å². The number of fused-ring (bicyclic) bond motifs is 5. The number of aliphatic hydroxyl groups excluding tert-OH is 3. The third-order valence-electron chi connectivity index (χ3n) is 11.3. The van der Waals surface area contributed by atoms with Gasteiger partial charge >= 0.3 is 0 Å². The summed E-state index contributed by atoms with van der Waals surface area (Å²) in [6.07, 6.45) is 5.29. The molecule has 0 spiro atoms. The molecule has 7 heteroatoms. The van der Waals surface area contributed by atoms with Gasteiger partial charge in [0.1, 0.15) is 18.3 Å². The van der Waals surface area contributed by atoms with Gasteiger partial charge < -0.3 is 34.6 Å². The summed E-state index contributed by atoms with van der Waals surface area (Å²) < 4.78 is 17.5. The fourth-order valence-corrected chi connectivity index (χ4v) is 9.06. The molecule has 0 aromatic carbocycles. The molecule has 4 N–H and O–H groups in total. The van der Waals surface area contributed by atoms with E-state index in [0.29, 0.717) is 24.2 Å². The van der Waals surface area contributed by atoms with Crippen LogP contribution in [0, 0.1) is 28.6 Å². The highest BCUT2D eigenvalue weighted by molar-refractivity contribution is 5.26. The zero-order valence-corrected chi connectivity index (χ0v) is 22.0. The van der Waals surface area contributed by atoms with E-state index in [0.717, 1.165) is 44.9 Å². The molecular formula is C28H46O7. The first-order valence-corrected chi connectivity index (χ1v) is 13.8. The zero-order valence-electron chi connectivity index (χ0n) is 22.0. The normalized spacial score (nSPS) is 54.9. The lowest BCUT2D eigenvalue weighted by Gasteiger charge is -2.59. The van der Waals surface area contributed by atoms with Crippen molar-refractivity contribution < 1.29 is 34.6 Å². The molecule has 4 fully saturated rings. The first-order valence-electron chi connectivity index (χ1n) is 13.8. The predicted molar refractivity (Wildman–Crippen MR) is 130 cm³/mol. The Bertz CT molecular complexity index is 830. The van der Waals surface area contributed by atoms with Crippen molar-refractivity contribution >= 4 is 0 Å². The van der Waals surface area contributed by atoms with Gasteiger partial charge in [0.15, 0.2) is 6.29 Å². The second-order valence-electron chi connectivity index (χ2n) is 12.7. The van der Waals surface area contributed by atoms with E-state index < -0.39 is 42.4 Å². The average Bonchev–Trinajstić information content (AvgIpc) is 3.10. The molecule has 1 aliphatic heterocycles. The van der Waals surface area contributed by atoms with Crippen molar-refractivity contribution in [1.82, 2.24) is 0 Å². The summed E-state index contributed by atoms with van der Waals surface area (Å²) in [5.41, 5.74) is 0.382. The monoisotopic (exact) mass is 494 g/mol. The van der Waals surface area contributed by atoms with E-state index in [1.807, 2.05) is 0 Å². The minimum absolute atomic E-state index is 0.0360. The fraction of sp³-hybridized carbons (Fsp3) is 0.929. The Morgan fingerprint density at radius 2 is 1.77 bits per heavy atom. The number of allylic oxidation sites excluding steroid dienone is 1. The summed E-state index contributed by atoms with van der Waals surface area (Å²) >= 11 is 0. The van der Waals surface area contributed by atoms with E-state index in [4.69, 9.17) is 14.2 Å². The highest BCUT2D eigenvalue weighted by Crippen LogP contribution is 2.67. The highest BCUT2D eigenvalue weighted by atomic mass is 16.7. The largest absolute Gasteiger partial charge is 0.390 e. The molecule has 0 radical (unpaired) electrons. The van der Waals surface area contributed by atoms with Crippen LogP contribution in [-0.4, -0.2) is 76.1 Å². The van der Waals surface area contributed by atoms with E-state index in [9.17, 15) is 20.4 Å². The SMILES string of the molecule is COC1C(O)C(C)OC(OC2CCC3(C)C(=CCC4C3CCC3(C)C4CCC3(O)C(C)O)C2)C1O. The number of methoxy groups -OCH3 is 1. The van der Waals surface area contributed by atoms with Gasteiger partial charge in [0.05, 0.1) is 23.9 Å². The topological polar surface area (TPSA) is 109 Å². The maximum Gasteiger partial charge on any atom is 0.186 e. The smallest absolute Gasteiger partial charge is 0.186 e. The van der Waals surface area contributed by atoms with Crippen molar-refractivity contribution in [2.24, 2.45) is 28.6 Å². The van der Waals surface area contributed by atoms with Gasteiger partial charge in [-0.1, -0.05) is 25.5 Å². The lowest BCUT2D eigenvalue weighted by atomic mass is 9.46.